The molecule has 12 heteroatoms. The summed E-state index contributed by atoms with van der Waals surface area (Å²) in [5.41, 5.74) is 5.03. The molecule has 1 saturated carbocycles. The molecule has 3 N–H and O–H groups in total. The molecule has 2 aliphatic rings. The maximum Gasteiger partial charge on any atom is 0.401 e. The average Bonchev–Trinajstić information content (AvgIpc) is 3.52. The Balaban J connectivity index is 1.80. The van der Waals surface area contributed by atoms with E-state index >= 15 is 0 Å². The molecule has 7 nitrogen and oxygen atoms in total. The Labute approximate surface area is 181 Å². The Morgan fingerprint density at radius 1 is 1.31 bits per heavy atom. The number of hydrogen-bond acceptors (Lipinski definition) is 5. The number of nitrogens with zero attached hydrogens (tertiary/aromatic N) is 2. The molecular formula is C20H25F5N4O3. The van der Waals surface area contributed by atoms with Gasteiger partial charge in [-0.2, -0.15) is 13.2 Å². The summed E-state index contributed by atoms with van der Waals surface area (Å²) in [6.45, 7) is -1.40. The topological polar surface area (TPSA) is 87.9 Å². The lowest BCUT2D eigenvalue weighted by molar-refractivity contribution is -0.154. The van der Waals surface area contributed by atoms with Gasteiger partial charge in [0, 0.05) is 36.6 Å². The smallest absolute Gasteiger partial charge is 0.370 e. The fraction of sp³-hybridized carbons (Fsp3) is 0.600. The van der Waals surface area contributed by atoms with Crippen LogP contribution in [-0.4, -0.2) is 68.3 Å². The zero-order chi connectivity index (χ0) is 23.5. The molecule has 1 aliphatic heterocycles. The number of rotatable bonds is 9. The summed E-state index contributed by atoms with van der Waals surface area (Å²) in [6.07, 6.45) is -5.99. The number of carbonyl (C=O) groups is 2. The number of hydrogen-bond donors (Lipinski definition) is 2. The highest BCUT2D eigenvalue weighted by Crippen LogP contribution is 2.33. The van der Waals surface area contributed by atoms with Crippen molar-refractivity contribution in [3.05, 3.63) is 23.8 Å². The summed E-state index contributed by atoms with van der Waals surface area (Å²) in [5, 5.41) is 2.31. The van der Waals surface area contributed by atoms with E-state index in [1.165, 1.54) is 17.0 Å². The second-order valence-electron chi connectivity index (χ2n) is 7.90. The van der Waals surface area contributed by atoms with Crippen molar-refractivity contribution in [2.24, 2.45) is 11.7 Å². The first-order chi connectivity index (χ1) is 15.1. The molecule has 1 aromatic carbocycles. The van der Waals surface area contributed by atoms with Gasteiger partial charge in [0.1, 0.15) is 12.6 Å². The molecule has 0 aromatic heterocycles. The van der Waals surface area contributed by atoms with Crippen molar-refractivity contribution in [3.8, 4) is 0 Å². The van der Waals surface area contributed by atoms with E-state index in [9.17, 15) is 31.5 Å². The van der Waals surface area contributed by atoms with E-state index in [-0.39, 0.29) is 49.5 Å². The van der Waals surface area contributed by atoms with E-state index < -0.39 is 43.2 Å². The summed E-state index contributed by atoms with van der Waals surface area (Å²) in [6, 6.07) is 2.35. The number of morpholine rings is 1. The van der Waals surface area contributed by atoms with Crippen molar-refractivity contribution in [1.82, 2.24) is 4.90 Å². The molecule has 1 aromatic rings. The van der Waals surface area contributed by atoms with Gasteiger partial charge >= 0.3 is 6.18 Å². The molecule has 1 saturated heterocycles. The first kappa shape index (κ1) is 24.3. The first-order valence-corrected chi connectivity index (χ1v) is 10.2. The molecule has 2 amide bonds. The molecular weight excluding hydrogens is 439 g/mol. The van der Waals surface area contributed by atoms with Gasteiger partial charge in [-0.15, -0.1) is 0 Å². The van der Waals surface area contributed by atoms with Gasteiger partial charge in [0.05, 0.1) is 13.2 Å². The Bertz CT molecular complexity index is 832. The fourth-order valence-corrected chi connectivity index (χ4v) is 3.61. The van der Waals surface area contributed by atoms with Crippen molar-refractivity contribution in [2.45, 2.75) is 31.5 Å². The Kier molecular flexibility index (Phi) is 7.67. The van der Waals surface area contributed by atoms with Gasteiger partial charge in [0.25, 0.3) is 12.3 Å². The molecule has 178 valence electrons. The second-order valence-corrected chi connectivity index (χ2v) is 7.90. The van der Waals surface area contributed by atoms with Gasteiger partial charge in [-0.1, -0.05) is 0 Å². The van der Waals surface area contributed by atoms with E-state index in [1.54, 1.807) is 0 Å². The van der Waals surface area contributed by atoms with Crippen molar-refractivity contribution < 1.29 is 36.3 Å². The summed E-state index contributed by atoms with van der Waals surface area (Å²) in [5.74, 6) is -1.23. The third-order valence-electron chi connectivity index (χ3n) is 5.36. The van der Waals surface area contributed by atoms with Crippen molar-refractivity contribution >= 4 is 23.2 Å². The Morgan fingerprint density at radius 3 is 2.59 bits per heavy atom. The van der Waals surface area contributed by atoms with Crippen LogP contribution in [0.1, 0.15) is 24.8 Å². The van der Waals surface area contributed by atoms with Crippen LogP contribution >= 0.6 is 0 Å². The molecule has 1 atom stereocenters. The number of anilines is 2. The minimum atomic E-state index is -4.54. The predicted molar refractivity (Wildman–Crippen MR) is 106 cm³/mol. The predicted octanol–water partition coefficient (Wildman–Crippen LogP) is 2.53. The number of halogens is 5. The van der Waals surface area contributed by atoms with Crippen LogP contribution in [0.4, 0.5) is 33.3 Å². The van der Waals surface area contributed by atoms with Gasteiger partial charge in [0.2, 0.25) is 5.91 Å². The van der Waals surface area contributed by atoms with Crippen molar-refractivity contribution in [3.63, 3.8) is 0 Å². The van der Waals surface area contributed by atoms with Gasteiger partial charge in [-0.25, -0.2) is 8.78 Å². The average molecular weight is 464 g/mol. The monoisotopic (exact) mass is 464 g/mol. The normalized spacial score (nSPS) is 18.4. The third kappa shape index (κ3) is 6.36. The number of carbonyl (C=O) groups excluding carboxylic acids is 2. The van der Waals surface area contributed by atoms with Gasteiger partial charge < -0.3 is 20.7 Å². The SMILES string of the molecule is NC[C@@H](C(=O)Nc1ccc(N2CCOCC2=O)cc1C(F)F)N(CC1CC1)CC(F)(F)F. The van der Waals surface area contributed by atoms with Crippen LogP contribution in [0.3, 0.4) is 0 Å². The largest absolute Gasteiger partial charge is 0.401 e. The van der Waals surface area contributed by atoms with Crippen LogP contribution < -0.4 is 16.0 Å². The van der Waals surface area contributed by atoms with Crippen LogP contribution in [0, 0.1) is 5.92 Å². The van der Waals surface area contributed by atoms with Crippen LogP contribution in [0.2, 0.25) is 0 Å². The summed E-state index contributed by atoms with van der Waals surface area (Å²) in [7, 11) is 0. The van der Waals surface area contributed by atoms with E-state index in [4.69, 9.17) is 10.5 Å². The molecule has 1 aliphatic carbocycles. The van der Waals surface area contributed by atoms with Crippen LogP contribution in [-0.2, 0) is 14.3 Å². The highest BCUT2D eigenvalue weighted by Gasteiger charge is 2.39. The lowest BCUT2D eigenvalue weighted by atomic mass is 10.1. The van der Waals surface area contributed by atoms with Crippen LogP contribution in [0.5, 0.6) is 0 Å². The molecule has 0 bridgehead atoms. The number of nitrogens with two attached hydrogens (primary N) is 1. The maximum absolute atomic E-state index is 13.7. The minimum absolute atomic E-state index is 0.0502. The van der Waals surface area contributed by atoms with Crippen molar-refractivity contribution in [2.75, 3.05) is 49.6 Å². The number of amides is 2. The number of benzene rings is 1. The Hall–Kier alpha value is -2.31. The molecule has 1 heterocycles. The molecule has 2 fully saturated rings. The summed E-state index contributed by atoms with van der Waals surface area (Å²) >= 11 is 0. The van der Waals surface area contributed by atoms with E-state index in [0.717, 1.165) is 23.8 Å². The summed E-state index contributed by atoms with van der Waals surface area (Å²) in [4.78, 5) is 27.0. The molecule has 0 radical (unpaired) electrons. The lowest BCUT2D eigenvalue weighted by Gasteiger charge is -2.31. The molecule has 32 heavy (non-hydrogen) atoms. The molecule has 0 spiro atoms. The standard InChI is InChI=1S/C20H25F5N4O3/c21-18(22)14-7-13(29-5-6-32-10-17(29)30)3-4-15(14)27-19(31)16(8-26)28(9-12-1-2-12)11-20(23,24)25/h3-4,7,12,16,18H,1-2,5-6,8-11,26H2,(H,27,31)/t16-/m0/s1. The zero-order valence-electron chi connectivity index (χ0n) is 17.2. The highest BCUT2D eigenvalue weighted by atomic mass is 19.4. The van der Waals surface area contributed by atoms with Gasteiger partial charge in [-0.3, -0.25) is 14.5 Å². The second kappa shape index (κ2) is 10.1. The van der Waals surface area contributed by atoms with Crippen LogP contribution in [0.25, 0.3) is 0 Å². The number of nitrogens with one attached hydrogen (secondary N) is 1. The molecule has 0 unspecified atom stereocenters. The van der Waals surface area contributed by atoms with Gasteiger partial charge in [0.15, 0.2) is 0 Å². The lowest BCUT2D eigenvalue weighted by Crippen LogP contribution is -2.52. The highest BCUT2D eigenvalue weighted by molar-refractivity contribution is 5.97. The number of ether oxygens (including phenoxy) is 1. The molecule has 3 rings (SSSR count). The van der Waals surface area contributed by atoms with E-state index in [0.29, 0.717) is 0 Å². The number of alkyl halides is 5. The fourth-order valence-electron chi connectivity index (χ4n) is 3.61. The third-order valence-corrected chi connectivity index (χ3v) is 5.36. The first-order valence-electron chi connectivity index (χ1n) is 10.2. The quantitative estimate of drug-likeness (QED) is 0.549. The van der Waals surface area contributed by atoms with E-state index in [1.807, 2.05) is 0 Å². The maximum atomic E-state index is 13.7. The van der Waals surface area contributed by atoms with Crippen LogP contribution in [0.15, 0.2) is 18.2 Å². The van der Waals surface area contributed by atoms with E-state index in [2.05, 4.69) is 5.32 Å². The Morgan fingerprint density at radius 2 is 2.03 bits per heavy atom. The van der Waals surface area contributed by atoms with Gasteiger partial charge in [-0.05, 0) is 37.0 Å². The zero-order valence-corrected chi connectivity index (χ0v) is 17.2. The summed E-state index contributed by atoms with van der Waals surface area (Å²) < 4.78 is 71.5. The minimum Gasteiger partial charge on any atom is -0.370 e. The van der Waals surface area contributed by atoms with Crippen molar-refractivity contribution in [1.29, 1.82) is 0 Å².